The molecule has 1 amide bonds. The van der Waals surface area contributed by atoms with Gasteiger partial charge in [0.05, 0.1) is 11.1 Å². The van der Waals surface area contributed by atoms with Crippen molar-refractivity contribution in [1.29, 1.82) is 0 Å². The average Bonchev–Trinajstić information content (AvgIpc) is 2.59. The van der Waals surface area contributed by atoms with Crippen LogP contribution in [0.3, 0.4) is 0 Å². The van der Waals surface area contributed by atoms with Crippen molar-refractivity contribution in [3.8, 4) is 0 Å². The van der Waals surface area contributed by atoms with Gasteiger partial charge >= 0.3 is 5.97 Å². The summed E-state index contributed by atoms with van der Waals surface area (Å²) < 4.78 is 5.17. The Hall–Kier alpha value is -2.14. The number of likely N-dealkylation sites (tertiary alicyclic amines) is 1. The molecular weight excluding hydrogens is 328 g/mol. The quantitative estimate of drug-likeness (QED) is 0.632. The van der Waals surface area contributed by atoms with Crippen LogP contribution in [0.15, 0.2) is 30.3 Å². The van der Waals surface area contributed by atoms with Gasteiger partial charge in [0.1, 0.15) is 5.15 Å². The van der Waals surface area contributed by atoms with Crippen LogP contribution in [0, 0.1) is 5.92 Å². The van der Waals surface area contributed by atoms with E-state index in [1.807, 2.05) is 0 Å². The zero-order valence-corrected chi connectivity index (χ0v) is 14.3. The number of aromatic nitrogens is 1. The second kappa shape index (κ2) is 7.18. The first-order valence-electron chi connectivity index (χ1n) is 8.04. The Morgan fingerprint density at radius 1 is 1.25 bits per heavy atom. The molecule has 2 heterocycles. The van der Waals surface area contributed by atoms with E-state index in [0.717, 1.165) is 31.3 Å². The van der Waals surface area contributed by atoms with Crippen molar-refractivity contribution in [2.24, 2.45) is 5.92 Å². The molecule has 2 aromatic rings. The molecule has 0 saturated carbocycles. The van der Waals surface area contributed by atoms with E-state index in [1.165, 1.54) is 0 Å². The van der Waals surface area contributed by atoms with Crippen molar-refractivity contribution in [1.82, 2.24) is 9.88 Å². The molecule has 0 spiro atoms. The van der Waals surface area contributed by atoms with E-state index in [-0.39, 0.29) is 12.5 Å². The Bertz CT molecular complexity index is 770. The molecule has 0 N–H and O–H groups in total. The fourth-order valence-electron chi connectivity index (χ4n) is 2.79. The van der Waals surface area contributed by atoms with E-state index < -0.39 is 5.97 Å². The maximum absolute atomic E-state index is 12.2. The number of hydrogen-bond donors (Lipinski definition) is 0. The van der Waals surface area contributed by atoms with Gasteiger partial charge in [-0.1, -0.05) is 18.5 Å². The van der Waals surface area contributed by atoms with Crippen LogP contribution in [-0.2, 0) is 9.53 Å². The predicted octanol–water partition coefficient (Wildman–Crippen LogP) is 3.30. The van der Waals surface area contributed by atoms with E-state index in [0.29, 0.717) is 22.2 Å². The van der Waals surface area contributed by atoms with Crippen molar-refractivity contribution >= 4 is 34.4 Å². The number of halogens is 1. The highest BCUT2D eigenvalue weighted by atomic mass is 35.5. The van der Waals surface area contributed by atoms with Crippen molar-refractivity contribution in [2.45, 2.75) is 19.8 Å². The lowest BCUT2D eigenvalue weighted by molar-refractivity contribution is -0.135. The summed E-state index contributed by atoms with van der Waals surface area (Å²) in [7, 11) is 0. The van der Waals surface area contributed by atoms with Crippen molar-refractivity contribution < 1.29 is 14.3 Å². The van der Waals surface area contributed by atoms with Gasteiger partial charge in [-0.15, -0.1) is 0 Å². The summed E-state index contributed by atoms with van der Waals surface area (Å²) in [6, 6.07) is 8.49. The number of rotatable bonds is 3. The maximum Gasteiger partial charge on any atom is 0.338 e. The monoisotopic (exact) mass is 346 g/mol. The lowest BCUT2D eigenvalue weighted by Gasteiger charge is -2.30. The van der Waals surface area contributed by atoms with Crippen LogP contribution in [0.25, 0.3) is 10.9 Å². The minimum absolute atomic E-state index is 0.135. The molecule has 1 aliphatic heterocycles. The van der Waals surface area contributed by atoms with Crippen LogP contribution >= 0.6 is 11.6 Å². The number of hydrogen-bond acceptors (Lipinski definition) is 4. The molecule has 1 fully saturated rings. The van der Waals surface area contributed by atoms with Crippen molar-refractivity contribution in [3.63, 3.8) is 0 Å². The first kappa shape index (κ1) is 16.7. The summed E-state index contributed by atoms with van der Waals surface area (Å²) in [6.45, 7) is 3.44. The lowest BCUT2D eigenvalue weighted by atomic mass is 9.99. The summed E-state index contributed by atoms with van der Waals surface area (Å²) in [6.07, 6.45) is 2.00. The van der Waals surface area contributed by atoms with E-state index >= 15 is 0 Å². The predicted molar refractivity (Wildman–Crippen MR) is 92.0 cm³/mol. The Balaban J connectivity index is 1.60. The molecule has 6 heteroatoms. The molecule has 0 unspecified atom stereocenters. The summed E-state index contributed by atoms with van der Waals surface area (Å²) in [5.74, 6) is 0.00591. The largest absolute Gasteiger partial charge is 0.452 e. The zero-order chi connectivity index (χ0) is 17.1. The summed E-state index contributed by atoms with van der Waals surface area (Å²) in [5, 5.41) is 1.20. The molecule has 0 aliphatic carbocycles. The van der Waals surface area contributed by atoms with Gasteiger partial charge in [0, 0.05) is 18.5 Å². The highest BCUT2D eigenvalue weighted by Crippen LogP contribution is 2.18. The van der Waals surface area contributed by atoms with Crippen LogP contribution in [0.4, 0.5) is 0 Å². The molecule has 0 atom stereocenters. The third-order valence-electron chi connectivity index (χ3n) is 4.35. The van der Waals surface area contributed by atoms with E-state index in [4.69, 9.17) is 16.3 Å². The molecule has 0 radical (unpaired) electrons. The molecular formula is C18H19ClN2O3. The smallest absolute Gasteiger partial charge is 0.338 e. The number of amides is 1. The van der Waals surface area contributed by atoms with Gasteiger partial charge in [0.2, 0.25) is 0 Å². The first-order chi connectivity index (χ1) is 11.5. The molecule has 0 bridgehead atoms. The van der Waals surface area contributed by atoms with E-state index in [1.54, 1.807) is 35.2 Å². The highest BCUT2D eigenvalue weighted by Gasteiger charge is 2.21. The second-order valence-electron chi connectivity index (χ2n) is 6.18. The Morgan fingerprint density at radius 3 is 2.75 bits per heavy atom. The van der Waals surface area contributed by atoms with Crippen molar-refractivity contribution in [3.05, 3.63) is 41.0 Å². The number of nitrogens with zero attached hydrogens (tertiary/aromatic N) is 2. The van der Waals surface area contributed by atoms with E-state index in [9.17, 15) is 9.59 Å². The van der Waals surface area contributed by atoms with Crippen LogP contribution in [0.2, 0.25) is 5.15 Å². The molecule has 126 valence electrons. The number of esters is 1. The summed E-state index contributed by atoms with van der Waals surface area (Å²) >= 11 is 5.84. The number of ether oxygens (including phenoxy) is 1. The molecule has 24 heavy (non-hydrogen) atoms. The van der Waals surface area contributed by atoms with Gasteiger partial charge in [0.15, 0.2) is 6.61 Å². The van der Waals surface area contributed by atoms with Gasteiger partial charge in [-0.3, -0.25) is 4.79 Å². The number of carbonyl (C=O) groups excluding carboxylic acids is 2. The van der Waals surface area contributed by atoms with Gasteiger partial charge in [-0.05, 0) is 49.1 Å². The third-order valence-corrected chi connectivity index (χ3v) is 4.56. The fraction of sp³-hybridized carbons (Fsp3) is 0.389. The first-order valence-corrected chi connectivity index (χ1v) is 8.42. The van der Waals surface area contributed by atoms with Gasteiger partial charge in [0.25, 0.3) is 5.91 Å². The van der Waals surface area contributed by atoms with Crippen LogP contribution in [-0.4, -0.2) is 41.5 Å². The molecule has 1 saturated heterocycles. The Labute approximate surface area is 145 Å². The third kappa shape index (κ3) is 3.85. The lowest BCUT2D eigenvalue weighted by Crippen LogP contribution is -2.40. The SMILES string of the molecule is CC1CCN(C(=O)COC(=O)c2ccc3nc(Cl)ccc3c2)CC1. The van der Waals surface area contributed by atoms with Gasteiger partial charge in [-0.2, -0.15) is 0 Å². The summed E-state index contributed by atoms with van der Waals surface area (Å²) in [4.78, 5) is 30.2. The summed E-state index contributed by atoms with van der Waals surface area (Å²) in [5.41, 5.74) is 1.10. The second-order valence-corrected chi connectivity index (χ2v) is 6.57. The molecule has 5 nitrogen and oxygen atoms in total. The topological polar surface area (TPSA) is 59.5 Å². The zero-order valence-electron chi connectivity index (χ0n) is 13.5. The molecule has 1 aromatic heterocycles. The normalized spacial score (nSPS) is 15.5. The maximum atomic E-state index is 12.2. The molecule has 3 rings (SSSR count). The van der Waals surface area contributed by atoms with Crippen molar-refractivity contribution in [2.75, 3.05) is 19.7 Å². The Kier molecular flexibility index (Phi) is 5.00. The number of pyridine rings is 1. The van der Waals surface area contributed by atoms with E-state index in [2.05, 4.69) is 11.9 Å². The minimum atomic E-state index is -0.509. The molecule has 1 aromatic carbocycles. The highest BCUT2D eigenvalue weighted by molar-refractivity contribution is 6.29. The average molecular weight is 347 g/mol. The van der Waals surface area contributed by atoms with Crippen LogP contribution in [0.1, 0.15) is 30.1 Å². The number of benzene rings is 1. The number of piperidine rings is 1. The Morgan fingerprint density at radius 2 is 2.00 bits per heavy atom. The number of carbonyl (C=O) groups is 2. The fourth-order valence-corrected chi connectivity index (χ4v) is 2.94. The van der Waals surface area contributed by atoms with Crippen LogP contribution < -0.4 is 0 Å². The van der Waals surface area contributed by atoms with Crippen LogP contribution in [0.5, 0.6) is 0 Å². The van der Waals surface area contributed by atoms with Gasteiger partial charge in [-0.25, -0.2) is 9.78 Å². The molecule has 1 aliphatic rings. The number of fused-ring (bicyclic) bond motifs is 1. The standard InChI is InChI=1S/C18H19ClN2O3/c1-12-6-8-21(9-7-12)17(22)11-24-18(23)14-2-4-15-13(10-14)3-5-16(19)20-15/h2-5,10,12H,6-9,11H2,1H3. The van der Waals surface area contributed by atoms with Gasteiger partial charge < -0.3 is 9.64 Å². The minimum Gasteiger partial charge on any atom is -0.452 e.